The lowest BCUT2D eigenvalue weighted by atomic mass is 10.1. The summed E-state index contributed by atoms with van der Waals surface area (Å²) in [4.78, 5) is 150. The number of carbonyl (C=O) groups is 13. The fourth-order valence-electron chi connectivity index (χ4n) is 9.65. The number of hydrogen-bond acceptors (Lipinski definition) is 16. The van der Waals surface area contributed by atoms with Crippen molar-refractivity contribution in [1.29, 1.82) is 0 Å². The summed E-state index contributed by atoms with van der Waals surface area (Å²) in [6.07, 6.45) is 3.37. The topological polar surface area (TPSA) is 450 Å². The predicted molar refractivity (Wildman–Crippen MR) is 428 cm³/mol. The van der Waals surface area contributed by atoms with Crippen molar-refractivity contribution in [2.75, 3.05) is 11.5 Å². The minimum Gasteiger partial charge on any atom is -0.481 e. The molecule has 9 aromatic rings. The van der Waals surface area contributed by atoms with Crippen LogP contribution in [0.4, 0.5) is 5.69 Å². The van der Waals surface area contributed by atoms with Crippen LogP contribution >= 0.6 is 128 Å². The van der Waals surface area contributed by atoms with Gasteiger partial charge in [-0.2, -0.15) is 0 Å². The van der Waals surface area contributed by atoms with E-state index in [0.29, 0.717) is 69.8 Å². The average molecular weight is 1790 g/mol. The molecule has 8 aromatic carbocycles. The number of halogens is 11. The van der Waals surface area contributed by atoms with E-state index in [0.717, 1.165) is 27.4 Å². The van der Waals surface area contributed by atoms with Gasteiger partial charge < -0.3 is 61.0 Å². The molecule has 1 aromatic heterocycles. The fourth-order valence-corrected chi connectivity index (χ4v) is 12.3. The maximum atomic E-state index is 12.4. The highest BCUT2D eigenvalue weighted by atomic mass is 35.5. The van der Waals surface area contributed by atoms with Crippen LogP contribution in [0, 0.1) is 0 Å². The number of imide groups is 2. The summed E-state index contributed by atoms with van der Waals surface area (Å²) in [6, 6.07) is 36.6. The third-order valence-corrected chi connectivity index (χ3v) is 18.1. The number of para-hydroxylation sites is 1. The van der Waals surface area contributed by atoms with Gasteiger partial charge in [-0.15, -0.1) is 0 Å². The molecule has 0 saturated heterocycles. The number of aromatic carboxylic acids is 1. The van der Waals surface area contributed by atoms with Gasteiger partial charge in [0.15, 0.2) is 24.2 Å². The lowest BCUT2D eigenvalue weighted by molar-refractivity contribution is -0.144. The highest BCUT2D eigenvalue weighted by Crippen LogP contribution is 2.38. The van der Waals surface area contributed by atoms with Crippen LogP contribution in [-0.4, -0.2) is 153 Å². The number of aromatic nitrogens is 1. The van der Waals surface area contributed by atoms with Crippen LogP contribution in [-0.2, 0) is 40.0 Å². The third kappa shape index (κ3) is 28.2. The number of carboxylic acid groups (broad SMARTS) is 8. The quantitative estimate of drug-likeness (QED) is 0.0161. The number of carbonyl (C=O) groups excluding carboxylic acids is 5. The average Bonchev–Trinajstić information content (AvgIpc) is 1.62. The molecule has 3 heterocycles. The van der Waals surface area contributed by atoms with E-state index in [9.17, 15) is 62.3 Å². The molecule has 0 aliphatic carbocycles. The molecule has 2 aliphatic heterocycles. The number of Topliss-reactive ketones (excluding diaryl/α,β-unsaturated/α-hetero) is 1. The normalized spacial score (nSPS) is 12.3. The monoisotopic (exact) mass is 1780 g/mol. The molecule has 38 heteroatoms. The number of fused-ring (bicyclic) bond motifs is 3. The van der Waals surface area contributed by atoms with Gasteiger partial charge in [-0.3, -0.25) is 43.3 Å². The molecule has 0 radical (unpaired) electrons. The zero-order valence-corrected chi connectivity index (χ0v) is 66.5. The molecule has 3 atom stereocenters. The van der Waals surface area contributed by atoms with Gasteiger partial charge in [-0.25, -0.2) is 28.9 Å². The molecule has 114 heavy (non-hydrogen) atoms. The van der Waals surface area contributed by atoms with Gasteiger partial charge >= 0.3 is 47.8 Å². The molecular weight excluding hydrogens is 1730 g/mol. The van der Waals surface area contributed by atoms with Gasteiger partial charge in [-0.1, -0.05) is 170 Å². The highest BCUT2D eigenvalue weighted by molar-refractivity contribution is 6.45. The van der Waals surface area contributed by atoms with E-state index in [-0.39, 0.29) is 84.4 Å². The highest BCUT2D eigenvalue weighted by Gasteiger charge is 2.43. The molecule has 3 unspecified atom stereocenters. The SMILES string of the molecule is CC(Oc1ccc(Cl)cc1Cl)C(=O)O.NC(Cc1c[nH]c2ccccc12)C(=O)O.O=C(O)/C=C/c1ccc(Cl)cc1Cl.O=C(O)CCC(C(=O)O)N1C(=O)c2ccccc2C1=O.O=C(O)CCCC(=O)c1ccc(Cl)cc1Cl.O=C(O)COc1c(Cl)cc(Cl)cc1Cl.O=C(O)c1cccc(N2C(=O)c3cc(Cl)c(Cl)cc3C2=O)c1. The molecule has 0 saturated carbocycles. The zero-order valence-electron chi connectivity index (χ0n) is 58.2. The molecule has 11 rings (SSSR count). The molecular formula is C76H59Cl11N4O23. The Labute approximate surface area is 700 Å². The Hall–Kier alpha value is -10.5. The summed E-state index contributed by atoms with van der Waals surface area (Å²) in [5.41, 5.74) is 9.16. The third-order valence-electron chi connectivity index (χ3n) is 15.0. The van der Waals surface area contributed by atoms with Crippen LogP contribution in [0.15, 0.2) is 164 Å². The van der Waals surface area contributed by atoms with Gasteiger partial charge in [0.25, 0.3) is 23.6 Å². The van der Waals surface area contributed by atoms with Crippen molar-refractivity contribution in [3.8, 4) is 11.5 Å². The first-order valence-electron chi connectivity index (χ1n) is 32.2. The first-order valence-corrected chi connectivity index (χ1v) is 36.3. The number of hydrogen-bond donors (Lipinski definition) is 10. The standard InChI is InChI=1S/C15H7Cl2NO4.C13H11NO6.C11H10Cl2O3.C11H12N2O2.C9H8Cl2O3.C9H6Cl2O2.C8H5Cl3O3/c16-11-5-9-10(6-12(11)17)14(20)18(13(9)19)8-3-1-2-7(4-8)15(21)22;15-10(16)6-5-9(13(19)20)14-11(17)7-3-1-2-4-8(7)12(14)18;12-7-4-5-8(9(13)6-7)10(14)2-1-3-11(15)16;12-9(11(14)15)5-7-6-13-10-4-2-1-3-8(7)10;1-5(9(12)13)14-8-3-2-6(10)4-7(8)11;10-7-3-1-6(8(11)5-7)2-4-9(12)13;9-4-1-5(10)8(6(11)2-4)14-3-7(12)13/h1-6H,(H,21,22);1-4,9H,5-6H2,(H,15,16)(H,19,20);4-6H,1-3H2,(H,15,16);1-4,6,9,13H,5,12H2,(H,14,15);2-5H,1H3,(H,12,13);1-5H,(H,12,13);1-2H,3H2,(H,12,13)/b;;;;;4-2+;. The fraction of sp³-hybridized carbons (Fsp3) is 0.145. The number of amides is 4. The second-order valence-corrected chi connectivity index (χ2v) is 27.7. The van der Waals surface area contributed by atoms with Crippen LogP contribution in [0.1, 0.15) is 112 Å². The Morgan fingerprint density at radius 2 is 1.03 bits per heavy atom. The van der Waals surface area contributed by atoms with Crippen molar-refractivity contribution in [3.05, 3.63) is 264 Å². The molecule has 11 N–H and O–H groups in total. The first kappa shape index (κ1) is 94.1. The van der Waals surface area contributed by atoms with Gasteiger partial charge in [0.05, 0.1) is 63.6 Å². The van der Waals surface area contributed by atoms with Crippen LogP contribution in [0.5, 0.6) is 11.5 Å². The van der Waals surface area contributed by atoms with Crippen molar-refractivity contribution in [2.24, 2.45) is 5.73 Å². The smallest absolute Gasteiger partial charge is 0.344 e. The summed E-state index contributed by atoms with van der Waals surface area (Å²) in [7, 11) is 0. The second-order valence-electron chi connectivity index (χ2n) is 23.1. The second kappa shape index (κ2) is 44.8. The number of nitrogens with zero attached hydrogens (tertiary/aromatic N) is 2. The van der Waals surface area contributed by atoms with E-state index in [1.165, 1.54) is 91.9 Å². The van der Waals surface area contributed by atoms with Gasteiger partial charge in [0.2, 0.25) is 0 Å². The Morgan fingerprint density at radius 3 is 1.53 bits per heavy atom. The number of carboxylic acids is 8. The summed E-state index contributed by atoms with van der Waals surface area (Å²) < 4.78 is 9.93. The van der Waals surface area contributed by atoms with Crippen LogP contribution in [0.3, 0.4) is 0 Å². The van der Waals surface area contributed by atoms with E-state index in [4.69, 9.17) is 184 Å². The zero-order chi connectivity index (χ0) is 85.1. The van der Waals surface area contributed by atoms with E-state index in [1.807, 2.05) is 30.5 Å². The lowest BCUT2D eigenvalue weighted by Gasteiger charge is -2.21. The molecule has 27 nitrogen and oxygen atoms in total. The van der Waals surface area contributed by atoms with Crippen LogP contribution in [0.2, 0.25) is 55.2 Å². The van der Waals surface area contributed by atoms with Crippen molar-refractivity contribution >= 4 is 227 Å². The summed E-state index contributed by atoms with van der Waals surface area (Å²) in [5, 5.41) is 73.8. The number of anilines is 1. The minimum atomic E-state index is -1.47. The van der Waals surface area contributed by atoms with Crippen molar-refractivity contribution in [1.82, 2.24) is 9.88 Å². The number of nitrogens with one attached hydrogen (secondary N) is 1. The molecule has 0 bridgehead atoms. The number of H-pyrrole nitrogens is 1. The Kier molecular flexibility index (Phi) is 37.0. The van der Waals surface area contributed by atoms with Gasteiger partial charge in [0, 0.05) is 79.5 Å². The molecule has 598 valence electrons. The van der Waals surface area contributed by atoms with Gasteiger partial charge in [0.1, 0.15) is 17.8 Å². The van der Waals surface area contributed by atoms with Crippen molar-refractivity contribution < 1.29 is 113 Å². The number of nitrogens with two attached hydrogens (primary N) is 1. The number of rotatable bonds is 23. The molecule has 0 fully saturated rings. The number of ketones is 1. The lowest BCUT2D eigenvalue weighted by Crippen LogP contribution is -2.45. The summed E-state index contributed by atoms with van der Waals surface area (Å²) in [5.74, 6) is -11.1. The van der Waals surface area contributed by atoms with E-state index in [1.54, 1.807) is 48.5 Å². The Balaban J connectivity index is 0.000000240. The van der Waals surface area contributed by atoms with Gasteiger partial charge in [-0.05, 0) is 146 Å². The first-order chi connectivity index (χ1) is 53.6. The number of aliphatic carboxylic acids is 7. The summed E-state index contributed by atoms with van der Waals surface area (Å²) >= 11 is 63.3. The Bertz CT molecular complexity index is 5100. The van der Waals surface area contributed by atoms with E-state index in [2.05, 4.69) is 4.98 Å². The maximum Gasteiger partial charge on any atom is 0.344 e. The maximum absolute atomic E-state index is 12.4. The number of benzene rings is 8. The molecule has 0 spiro atoms. The van der Waals surface area contributed by atoms with Crippen LogP contribution in [0.25, 0.3) is 17.0 Å². The van der Waals surface area contributed by atoms with E-state index < -0.39 is 103 Å². The number of aromatic amines is 1. The largest absolute Gasteiger partial charge is 0.481 e. The van der Waals surface area contributed by atoms with Crippen molar-refractivity contribution in [2.45, 2.75) is 63.6 Å². The Morgan fingerprint density at radius 1 is 0.500 bits per heavy atom. The molecule has 4 amide bonds. The molecule has 2 aliphatic rings. The van der Waals surface area contributed by atoms with Crippen LogP contribution < -0.4 is 20.1 Å². The minimum absolute atomic E-state index is 0.0169. The predicted octanol–water partition coefficient (Wildman–Crippen LogP) is 17.7. The number of ether oxygens (including phenoxy) is 2. The van der Waals surface area contributed by atoms with Crippen molar-refractivity contribution in [3.63, 3.8) is 0 Å². The summed E-state index contributed by atoms with van der Waals surface area (Å²) in [6.45, 7) is 0.925. The van der Waals surface area contributed by atoms with E-state index >= 15 is 0 Å².